The Bertz CT molecular complexity index is 1080. The van der Waals surface area contributed by atoms with Gasteiger partial charge in [-0.3, -0.25) is 4.79 Å². The van der Waals surface area contributed by atoms with Crippen LogP contribution < -0.4 is 5.32 Å². The van der Waals surface area contributed by atoms with E-state index in [4.69, 9.17) is 9.72 Å². The number of thiophene rings is 1. The minimum atomic E-state index is -0.524. The third-order valence-corrected chi connectivity index (χ3v) is 6.12. The van der Waals surface area contributed by atoms with Gasteiger partial charge in [0.15, 0.2) is 0 Å². The number of amides is 2. The van der Waals surface area contributed by atoms with Crippen LogP contribution >= 0.6 is 11.3 Å². The number of aromatic nitrogens is 1. The molecular formula is C24H27N3O3S. The number of pyridine rings is 1. The van der Waals surface area contributed by atoms with Crippen molar-refractivity contribution in [2.45, 2.75) is 45.3 Å². The van der Waals surface area contributed by atoms with Gasteiger partial charge in [0, 0.05) is 24.5 Å². The van der Waals surface area contributed by atoms with Crippen LogP contribution in [0.3, 0.4) is 0 Å². The molecule has 0 radical (unpaired) electrons. The molecule has 0 unspecified atom stereocenters. The van der Waals surface area contributed by atoms with E-state index < -0.39 is 11.7 Å². The van der Waals surface area contributed by atoms with E-state index in [0.717, 1.165) is 21.5 Å². The highest BCUT2D eigenvalue weighted by atomic mass is 32.1. The first-order chi connectivity index (χ1) is 14.8. The summed E-state index contributed by atoms with van der Waals surface area (Å²) >= 11 is 1.61. The maximum Gasteiger partial charge on any atom is 0.407 e. The van der Waals surface area contributed by atoms with Gasteiger partial charge in [-0.1, -0.05) is 24.3 Å². The number of ether oxygens (including phenoxy) is 1. The Balaban J connectivity index is 1.50. The largest absolute Gasteiger partial charge is 0.444 e. The van der Waals surface area contributed by atoms with E-state index in [1.165, 1.54) is 0 Å². The zero-order valence-electron chi connectivity index (χ0n) is 18.1. The highest BCUT2D eigenvalue weighted by Gasteiger charge is 2.27. The number of alkyl carbamates (subject to hydrolysis) is 1. The average Bonchev–Trinajstić information content (AvgIpc) is 3.26. The van der Waals surface area contributed by atoms with E-state index in [-0.39, 0.29) is 11.9 Å². The van der Waals surface area contributed by atoms with Crippen LogP contribution in [0.2, 0.25) is 0 Å². The number of carbonyl (C=O) groups excluding carboxylic acids is 2. The van der Waals surface area contributed by atoms with Crippen LogP contribution in [0.25, 0.3) is 21.5 Å². The van der Waals surface area contributed by atoms with Crippen molar-refractivity contribution in [1.29, 1.82) is 0 Å². The molecule has 2 amide bonds. The molecule has 0 saturated carbocycles. The maximum absolute atomic E-state index is 13.4. The molecule has 0 atom stereocenters. The van der Waals surface area contributed by atoms with Gasteiger partial charge in [-0.05, 0) is 57.2 Å². The number of para-hydroxylation sites is 1. The minimum absolute atomic E-state index is 0.00660. The lowest BCUT2D eigenvalue weighted by Gasteiger charge is -2.33. The zero-order chi connectivity index (χ0) is 22.0. The van der Waals surface area contributed by atoms with Crippen LogP contribution in [0.15, 0.2) is 47.8 Å². The summed E-state index contributed by atoms with van der Waals surface area (Å²) in [6.45, 7) is 6.71. The number of carbonyl (C=O) groups is 2. The molecule has 162 valence electrons. The molecule has 31 heavy (non-hydrogen) atoms. The molecule has 6 nitrogen and oxygen atoms in total. The minimum Gasteiger partial charge on any atom is -0.444 e. The average molecular weight is 438 g/mol. The van der Waals surface area contributed by atoms with Crippen LogP contribution in [-0.2, 0) is 4.74 Å². The summed E-state index contributed by atoms with van der Waals surface area (Å²) in [5.74, 6) is 0.00660. The number of nitrogens with one attached hydrogen (secondary N) is 1. The Morgan fingerprint density at radius 1 is 1.13 bits per heavy atom. The predicted molar refractivity (Wildman–Crippen MR) is 123 cm³/mol. The number of hydrogen-bond donors (Lipinski definition) is 1. The number of fused-ring (bicyclic) bond motifs is 1. The molecule has 0 spiro atoms. The normalized spacial score (nSPS) is 15.1. The SMILES string of the molecule is CC(C)(C)OC(=O)NC1CCN(C(=O)c2cc(-c3cccs3)nc3ccccc23)CC1. The van der Waals surface area contributed by atoms with Gasteiger partial charge in [-0.25, -0.2) is 9.78 Å². The number of rotatable bonds is 3. The summed E-state index contributed by atoms with van der Waals surface area (Å²) in [6.07, 6.45) is 0.996. The standard InChI is InChI=1S/C24H27N3O3S/c1-24(2,3)30-23(29)25-16-10-12-27(13-11-16)22(28)18-15-20(21-9-6-14-31-21)26-19-8-5-4-7-17(18)19/h4-9,14-16H,10-13H2,1-3H3,(H,25,29). The quantitative estimate of drug-likeness (QED) is 0.619. The Kier molecular flexibility index (Phi) is 5.96. The van der Waals surface area contributed by atoms with Gasteiger partial charge in [0.05, 0.1) is 21.7 Å². The molecule has 1 aromatic carbocycles. The van der Waals surface area contributed by atoms with Crippen molar-refractivity contribution in [3.05, 3.63) is 53.4 Å². The molecule has 3 heterocycles. The van der Waals surface area contributed by atoms with Gasteiger partial charge < -0.3 is 15.0 Å². The molecule has 3 aromatic rings. The highest BCUT2D eigenvalue weighted by Crippen LogP contribution is 2.29. The Hall–Kier alpha value is -2.93. The van der Waals surface area contributed by atoms with Crippen LogP contribution in [0.4, 0.5) is 4.79 Å². The van der Waals surface area contributed by atoms with Crippen molar-refractivity contribution in [1.82, 2.24) is 15.2 Å². The first-order valence-corrected chi connectivity index (χ1v) is 11.4. The van der Waals surface area contributed by atoms with Crippen LogP contribution in [0, 0.1) is 0 Å². The lowest BCUT2D eigenvalue weighted by molar-refractivity contribution is 0.0474. The molecule has 1 saturated heterocycles. The first-order valence-electron chi connectivity index (χ1n) is 10.5. The van der Waals surface area contributed by atoms with Crippen LogP contribution in [0.5, 0.6) is 0 Å². The summed E-state index contributed by atoms with van der Waals surface area (Å²) in [7, 11) is 0. The number of hydrogen-bond acceptors (Lipinski definition) is 5. The highest BCUT2D eigenvalue weighted by molar-refractivity contribution is 7.13. The second-order valence-corrected chi connectivity index (χ2v) is 9.71. The second-order valence-electron chi connectivity index (χ2n) is 8.76. The zero-order valence-corrected chi connectivity index (χ0v) is 18.9. The summed E-state index contributed by atoms with van der Waals surface area (Å²) in [6, 6.07) is 13.7. The van der Waals surface area contributed by atoms with Gasteiger partial charge in [-0.15, -0.1) is 11.3 Å². The summed E-state index contributed by atoms with van der Waals surface area (Å²) in [4.78, 5) is 33.1. The molecule has 7 heteroatoms. The van der Waals surface area contributed by atoms with Crippen molar-refractivity contribution >= 4 is 34.2 Å². The topological polar surface area (TPSA) is 71.5 Å². The molecule has 2 aromatic heterocycles. The fraction of sp³-hybridized carbons (Fsp3) is 0.375. The van der Waals surface area contributed by atoms with E-state index in [1.54, 1.807) is 11.3 Å². The lowest BCUT2D eigenvalue weighted by atomic mass is 10.0. The molecule has 0 aliphatic carbocycles. The van der Waals surface area contributed by atoms with Crippen LogP contribution in [0.1, 0.15) is 44.0 Å². The van der Waals surface area contributed by atoms with Crippen molar-refractivity contribution in [3.8, 4) is 10.6 Å². The van der Waals surface area contributed by atoms with E-state index in [0.29, 0.717) is 31.5 Å². The second kappa shape index (κ2) is 8.67. The van der Waals surface area contributed by atoms with Gasteiger partial charge in [0.25, 0.3) is 5.91 Å². The molecule has 4 rings (SSSR count). The van der Waals surface area contributed by atoms with E-state index in [2.05, 4.69) is 5.32 Å². The van der Waals surface area contributed by atoms with Gasteiger partial charge in [-0.2, -0.15) is 0 Å². The third-order valence-electron chi connectivity index (χ3n) is 5.22. The summed E-state index contributed by atoms with van der Waals surface area (Å²) in [5, 5.41) is 5.80. The van der Waals surface area contributed by atoms with Crippen molar-refractivity contribution in [3.63, 3.8) is 0 Å². The predicted octanol–water partition coefficient (Wildman–Crippen LogP) is 5.09. The van der Waals surface area contributed by atoms with E-state index in [9.17, 15) is 9.59 Å². The lowest BCUT2D eigenvalue weighted by Crippen LogP contribution is -2.47. The molecule has 0 bridgehead atoms. The smallest absolute Gasteiger partial charge is 0.407 e. The fourth-order valence-corrected chi connectivity index (χ4v) is 4.46. The fourth-order valence-electron chi connectivity index (χ4n) is 3.77. The molecule has 1 fully saturated rings. The maximum atomic E-state index is 13.4. The van der Waals surface area contributed by atoms with Crippen molar-refractivity contribution in [2.75, 3.05) is 13.1 Å². The van der Waals surface area contributed by atoms with E-state index in [1.807, 2.05) is 73.5 Å². The number of likely N-dealkylation sites (tertiary alicyclic amines) is 1. The molecule has 1 aliphatic heterocycles. The van der Waals surface area contributed by atoms with Gasteiger partial charge in [0.1, 0.15) is 5.60 Å². The Labute approximate surface area is 186 Å². The monoisotopic (exact) mass is 437 g/mol. The summed E-state index contributed by atoms with van der Waals surface area (Å²) in [5.41, 5.74) is 1.79. The number of piperidine rings is 1. The third kappa shape index (κ3) is 5.05. The summed E-state index contributed by atoms with van der Waals surface area (Å²) < 4.78 is 5.34. The van der Waals surface area contributed by atoms with Crippen molar-refractivity contribution < 1.29 is 14.3 Å². The van der Waals surface area contributed by atoms with Crippen molar-refractivity contribution in [2.24, 2.45) is 0 Å². The van der Waals surface area contributed by atoms with Gasteiger partial charge in [0.2, 0.25) is 0 Å². The van der Waals surface area contributed by atoms with E-state index >= 15 is 0 Å². The van der Waals surface area contributed by atoms with Crippen LogP contribution in [-0.4, -0.2) is 46.6 Å². The van der Waals surface area contributed by atoms with Gasteiger partial charge >= 0.3 is 6.09 Å². The Morgan fingerprint density at radius 2 is 1.87 bits per heavy atom. The molecular weight excluding hydrogens is 410 g/mol. The molecule has 1 aliphatic rings. The Morgan fingerprint density at radius 3 is 2.55 bits per heavy atom. The number of nitrogens with zero attached hydrogens (tertiary/aromatic N) is 2. The molecule has 1 N–H and O–H groups in total. The number of benzene rings is 1. The first kappa shape index (κ1) is 21.3.